The second-order valence-corrected chi connectivity index (χ2v) is 5.09. The molecule has 0 aliphatic carbocycles. The lowest BCUT2D eigenvalue weighted by molar-refractivity contribution is 0.328. The van der Waals surface area contributed by atoms with E-state index in [0.717, 1.165) is 0 Å². The Bertz CT molecular complexity index is 251. The molecule has 0 aromatic rings. The summed E-state index contributed by atoms with van der Waals surface area (Å²) in [5, 5.41) is 0. The highest BCUT2D eigenvalue weighted by Crippen LogP contribution is 1.29. The van der Waals surface area contributed by atoms with Gasteiger partial charge in [0.25, 0.3) is 0 Å². The van der Waals surface area contributed by atoms with Crippen LogP contribution in [0.15, 0.2) is 0 Å². The predicted octanol–water partition coefficient (Wildman–Crippen LogP) is -10.5. The Kier molecular flexibility index (Phi) is 65.4. The van der Waals surface area contributed by atoms with Crippen LogP contribution in [0.1, 0.15) is 0 Å². The summed E-state index contributed by atoms with van der Waals surface area (Å²) in [5.74, 6) is 0. The van der Waals surface area contributed by atoms with Gasteiger partial charge in [0.15, 0.2) is 0 Å². The minimum Gasteiger partial charge on any atom is -0.511 e. The van der Waals surface area contributed by atoms with E-state index in [2.05, 4.69) is 0 Å². The SMILES string of the molecule is O.O=[Si](O)O.O=[Si](O)O.O=[Si](O)O.O=[Si](O)O.O=[Si](O)O.O=[Si](O)O. The molecule has 0 rings (SSSR count). The maximum absolute atomic E-state index is 8.74. The first kappa shape index (κ1) is 43.4. The van der Waals surface area contributed by atoms with Crippen LogP contribution in [0.25, 0.3) is 0 Å². The Labute approximate surface area is 145 Å². The molecule has 0 amide bonds. The van der Waals surface area contributed by atoms with Crippen molar-refractivity contribution in [2.24, 2.45) is 0 Å². The molecule has 152 valence electrons. The van der Waals surface area contributed by atoms with Gasteiger partial charge in [-0.25, -0.2) is 0 Å². The quantitative estimate of drug-likeness (QED) is 0.141. The van der Waals surface area contributed by atoms with Gasteiger partial charge in [-0.05, 0) is 0 Å². The topological polar surface area (TPSA) is 377 Å². The van der Waals surface area contributed by atoms with Crippen molar-refractivity contribution in [1.29, 1.82) is 0 Å². The lowest BCUT2D eigenvalue weighted by Crippen LogP contribution is -1.90. The normalized spacial score (nSPS) is 5.76. The first-order valence-corrected chi connectivity index (χ1v) is 11.7. The monoisotopic (exact) mass is 486 g/mol. The van der Waals surface area contributed by atoms with Gasteiger partial charge in [0.05, 0.1) is 0 Å². The molecule has 0 spiro atoms. The minimum absolute atomic E-state index is 0. The Morgan fingerprint density at radius 1 is 0.280 bits per heavy atom. The molecule has 0 fully saturated rings. The predicted molar refractivity (Wildman–Crippen MR) is 68.9 cm³/mol. The average molecular weight is 487 g/mol. The smallest absolute Gasteiger partial charge is 0.511 e. The minimum atomic E-state index is -3.13. The molecule has 0 atom stereocenters. The first-order chi connectivity index (χ1) is 10.4. The van der Waals surface area contributed by atoms with Crippen molar-refractivity contribution in [2.75, 3.05) is 0 Å². The fourth-order valence-corrected chi connectivity index (χ4v) is 0. The van der Waals surface area contributed by atoms with Crippen LogP contribution >= 0.6 is 0 Å². The van der Waals surface area contributed by atoms with Crippen molar-refractivity contribution < 1.29 is 89.8 Å². The molecule has 14 N–H and O–H groups in total. The summed E-state index contributed by atoms with van der Waals surface area (Å²) in [5.41, 5.74) is 0. The zero-order valence-corrected chi connectivity index (χ0v) is 17.3. The molecule has 0 heterocycles. The summed E-state index contributed by atoms with van der Waals surface area (Å²) in [7, 11) is -18.8. The Balaban J connectivity index is -0.0000000309. The van der Waals surface area contributed by atoms with Crippen molar-refractivity contribution in [3.63, 3.8) is 0 Å². The molecule has 0 aromatic heterocycles. The standard InChI is InChI=1S/6H2O3Si.H2O/c6*1-4(2)3;/h6*1-2H;1H2. The molecule has 0 aliphatic rings. The van der Waals surface area contributed by atoms with Gasteiger partial charge in [-0.1, -0.05) is 0 Å². The highest BCUT2D eigenvalue weighted by Gasteiger charge is 1.86. The third-order valence-corrected chi connectivity index (χ3v) is 0. The van der Waals surface area contributed by atoms with E-state index in [1.165, 1.54) is 0 Å². The Morgan fingerprint density at radius 3 is 0.280 bits per heavy atom. The molecule has 0 aromatic carbocycles. The molecule has 25 heteroatoms. The highest BCUT2D eigenvalue weighted by molar-refractivity contribution is 6.23. The fraction of sp³-hybridized carbons (Fsp3) is 0. The van der Waals surface area contributed by atoms with Crippen LogP contribution in [-0.4, -0.2) is 118 Å². The van der Waals surface area contributed by atoms with Crippen LogP contribution in [0.5, 0.6) is 0 Å². The van der Waals surface area contributed by atoms with Gasteiger partial charge in [-0.2, -0.15) is 0 Å². The number of hydrogen-bond donors (Lipinski definition) is 12. The lowest BCUT2D eigenvalue weighted by Gasteiger charge is -1.55. The highest BCUT2D eigenvalue weighted by atomic mass is 28.3. The molecular formula is H14O19Si6. The Hall–Kier alpha value is -2.34. The summed E-state index contributed by atoms with van der Waals surface area (Å²) in [6.45, 7) is 0. The third kappa shape index (κ3) is 1530. The van der Waals surface area contributed by atoms with E-state index in [0.29, 0.717) is 0 Å². The summed E-state index contributed by atoms with van der Waals surface area (Å²) >= 11 is 0. The van der Waals surface area contributed by atoms with Gasteiger partial charge >= 0.3 is 55.0 Å². The Morgan fingerprint density at radius 2 is 0.280 bits per heavy atom. The van der Waals surface area contributed by atoms with Gasteiger partial charge in [-0.3, -0.25) is 26.8 Å². The lowest BCUT2D eigenvalue weighted by atomic mass is 15.8. The van der Waals surface area contributed by atoms with Crippen LogP contribution < -0.4 is 0 Å². The molecule has 0 radical (unpaired) electrons. The fourth-order valence-electron chi connectivity index (χ4n) is 0. The first-order valence-electron chi connectivity index (χ1n) is 3.91. The number of hydrogen-bond acceptors (Lipinski definition) is 6. The number of rotatable bonds is 0. The molecule has 0 unspecified atom stereocenters. The van der Waals surface area contributed by atoms with E-state index in [4.69, 9.17) is 84.3 Å². The van der Waals surface area contributed by atoms with Crippen LogP contribution in [0, 0.1) is 0 Å². The van der Waals surface area contributed by atoms with Crippen molar-refractivity contribution in [1.82, 2.24) is 0 Å². The van der Waals surface area contributed by atoms with Crippen molar-refractivity contribution in [2.45, 2.75) is 0 Å². The van der Waals surface area contributed by atoms with Crippen LogP contribution in [0.2, 0.25) is 0 Å². The summed E-state index contributed by atoms with van der Waals surface area (Å²) < 4.78 is 52.4. The molecule has 25 heavy (non-hydrogen) atoms. The zero-order valence-electron chi connectivity index (χ0n) is 11.3. The van der Waals surface area contributed by atoms with Crippen LogP contribution in [0.3, 0.4) is 0 Å². The molecule has 0 saturated carbocycles. The third-order valence-electron chi connectivity index (χ3n) is 0. The van der Waals surface area contributed by atoms with Crippen molar-refractivity contribution in [3.05, 3.63) is 0 Å². The second kappa shape index (κ2) is 37.7. The molecule has 0 saturated heterocycles. The summed E-state index contributed by atoms with van der Waals surface area (Å²) in [6.07, 6.45) is 0. The van der Waals surface area contributed by atoms with Gasteiger partial charge in [-0.15, -0.1) is 0 Å². The van der Waals surface area contributed by atoms with E-state index in [9.17, 15) is 0 Å². The van der Waals surface area contributed by atoms with Gasteiger partial charge in [0.1, 0.15) is 0 Å². The summed E-state index contributed by atoms with van der Waals surface area (Å²) in [6, 6.07) is 0. The molecular weight excluding hydrogens is 472 g/mol. The summed E-state index contributed by atoms with van der Waals surface area (Å²) in [4.78, 5) is 85.9. The second-order valence-electron chi connectivity index (χ2n) is 1.70. The van der Waals surface area contributed by atoms with Gasteiger partial charge in [0, 0.05) is 0 Å². The van der Waals surface area contributed by atoms with Crippen LogP contribution in [-0.2, 0) is 26.8 Å². The van der Waals surface area contributed by atoms with Crippen molar-refractivity contribution >= 4 is 55.0 Å². The van der Waals surface area contributed by atoms with Crippen molar-refractivity contribution in [3.8, 4) is 0 Å². The largest absolute Gasteiger partial charge is 0.761 e. The van der Waals surface area contributed by atoms with Crippen LogP contribution in [0.4, 0.5) is 0 Å². The van der Waals surface area contributed by atoms with Gasteiger partial charge in [0.2, 0.25) is 0 Å². The zero-order chi connectivity index (χ0) is 21.5. The average Bonchev–Trinajstić information content (AvgIpc) is 2.08. The maximum Gasteiger partial charge on any atom is 0.761 e. The van der Waals surface area contributed by atoms with E-state index in [-0.39, 0.29) is 5.48 Å². The molecule has 19 nitrogen and oxygen atoms in total. The van der Waals surface area contributed by atoms with E-state index in [1.54, 1.807) is 0 Å². The van der Waals surface area contributed by atoms with E-state index < -0.39 is 55.0 Å². The van der Waals surface area contributed by atoms with E-state index in [1.807, 2.05) is 0 Å². The molecule has 0 bridgehead atoms. The molecule has 0 aliphatic heterocycles. The van der Waals surface area contributed by atoms with Gasteiger partial charge < -0.3 is 63.0 Å². The maximum atomic E-state index is 8.74. The van der Waals surface area contributed by atoms with E-state index >= 15 is 0 Å².